The lowest BCUT2D eigenvalue weighted by Crippen LogP contribution is -2.27. The van der Waals surface area contributed by atoms with E-state index in [1.807, 2.05) is 55.2 Å². The Kier molecular flexibility index (Phi) is 5.64. The molecule has 1 amide bonds. The molecule has 0 unspecified atom stereocenters. The predicted molar refractivity (Wildman–Crippen MR) is 113 cm³/mol. The van der Waals surface area contributed by atoms with Crippen LogP contribution in [0, 0.1) is 0 Å². The van der Waals surface area contributed by atoms with Gasteiger partial charge in [0.1, 0.15) is 16.2 Å². The molecule has 148 valence electrons. The van der Waals surface area contributed by atoms with E-state index in [0.29, 0.717) is 25.3 Å². The number of rotatable bonds is 7. The Morgan fingerprint density at radius 1 is 1.24 bits per heavy atom. The molecule has 4 rings (SSSR count). The average molecular weight is 407 g/mol. The zero-order valence-corrected chi connectivity index (χ0v) is 17.1. The molecule has 0 aliphatic rings. The molecule has 1 N–H and O–H groups in total. The van der Waals surface area contributed by atoms with E-state index in [9.17, 15) is 4.79 Å². The first-order valence-corrected chi connectivity index (χ1v) is 10.1. The molecule has 0 atom stereocenters. The number of methoxy groups -OCH3 is 1. The smallest absolute Gasteiger partial charge is 0.270 e. The number of nitrogens with zero attached hydrogens (tertiary/aromatic N) is 4. The Bertz CT molecular complexity index is 1130. The highest BCUT2D eigenvalue weighted by Gasteiger charge is 2.13. The lowest BCUT2D eigenvalue weighted by Gasteiger charge is -2.08. The number of carbonyl (C=O) groups is 1. The second-order valence-electron chi connectivity index (χ2n) is 6.66. The maximum Gasteiger partial charge on any atom is 0.270 e. The van der Waals surface area contributed by atoms with Crippen LogP contribution in [-0.4, -0.2) is 45.9 Å². The Morgan fingerprint density at radius 2 is 2.14 bits per heavy atom. The fourth-order valence-corrected chi connectivity index (χ4v) is 3.90. The highest BCUT2D eigenvalue weighted by atomic mass is 32.1. The van der Waals surface area contributed by atoms with Gasteiger partial charge in [0.25, 0.3) is 5.91 Å². The molecule has 0 bridgehead atoms. The maximum absolute atomic E-state index is 12.4. The number of carbonyl (C=O) groups excluding carboxylic acids is 1. The number of nitrogens with one attached hydrogen (secondary N) is 1. The monoisotopic (exact) mass is 407 g/mol. The lowest BCUT2D eigenvalue weighted by atomic mass is 10.0. The van der Waals surface area contributed by atoms with Gasteiger partial charge < -0.3 is 10.1 Å². The van der Waals surface area contributed by atoms with Crippen molar-refractivity contribution in [1.29, 1.82) is 0 Å². The van der Waals surface area contributed by atoms with Crippen LogP contribution in [0.2, 0.25) is 0 Å². The molecule has 7 nitrogen and oxygen atoms in total. The summed E-state index contributed by atoms with van der Waals surface area (Å²) in [6.07, 6.45) is 4.43. The molecule has 0 saturated heterocycles. The van der Waals surface area contributed by atoms with Crippen molar-refractivity contribution in [1.82, 2.24) is 25.1 Å². The zero-order chi connectivity index (χ0) is 20.2. The number of amides is 1. The maximum atomic E-state index is 12.4. The minimum absolute atomic E-state index is 0.192. The van der Waals surface area contributed by atoms with Crippen LogP contribution >= 0.6 is 11.3 Å². The second-order valence-corrected chi connectivity index (χ2v) is 7.55. The van der Waals surface area contributed by atoms with Crippen molar-refractivity contribution in [2.75, 3.05) is 20.3 Å². The number of fused-ring (bicyclic) bond motifs is 1. The Morgan fingerprint density at radius 3 is 2.86 bits per heavy atom. The SMILES string of the molecule is COCCNC(=O)c1cc(Cc2ccc(-c3ccn(C)n3)nc2)c2ccsc2n1. The number of pyridine rings is 2. The van der Waals surface area contributed by atoms with Crippen molar-refractivity contribution in [2.24, 2.45) is 7.05 Å². The lowest BCUT2D eigenvalue weighted by molar-refractivity contribution is 0.0932. The molecule has 0 radical (unpaired) electrons. The summed E-state index contributed by atoms with van der Waals surface area (Å²) in [4.78, 5) is 22.4. The Labute approximate surface area is 172 Å². The van der Waals surface area contributed by atoms with E-state index in [4.69, 9.17) is 4.74 Å². The normalized spacial score (nSPS) is 11.1. The van der Waals surface area contributed by atoms with E-state index in [1.165, 1.54) is 11.3 Å². The quantitative estimate of drug-likeness (QED) is 0.476. The van der Waals surface area contributed by atoms with Gasteiger partial charge in [-0.2, -0.15) is 5.10 Å². The van der Waals surface area contributed by atoms with E-state index in [2.05, 4.69) is 20.4 Å². The number of hydrogen-bond acceptors (Lipinski definition) is 6. The second kappa shape index (κ2) is 8.50. The molecule has 0 aliphatic carbocycles. The van der Waals surface area contributed by atoms with Gasteiger partial charge in [-0.15, -0.1) is 11.3 Å². The molecule has 4 aromatic rings. The molecule has 4 aromatic heterocycles. The number of ether oxygens (including phenoxy) is 1. The van der Waals surface area contributed by atoms with E-state index in [-0.39, 0.29) is 5.91 Å². The van der Waals surface area contributed by atoms with Crippen molar-refractivity contribution in [2.45, 2.75) is 6.42 Å². The van der Waals surface area contributed by atoms with Crippen LogP contribution in [0.15, 0.2) is 48.1 Å². The number of aromatic nitrogens is 4. The van der Waals surface area contributed by atoms with Gasteiger partial charge in [-0.1, -0.05) is 6.07 Å². The third-order valence-corrected chi connectivity index (χ3v) is 5.35. The summed E-state index contributed by atoms with van der Waals surface area (Å²) in [7, 11) is 3.49. The van der Waals surface area contributed by atoms with E-state index >= 15 is 0 Å². The molecular formula is C21H21N5O2S. The Hall–Kier alpha value is -3.10. The fourth-order valence-electron chi connectivity index (χ4n) is 3.09. The summed E-state index contributed by atoms with van der Waals surface area (Å²) in [5.74, 6) is -0.192. The molecule has 0 aromatic carbocycles. The zero-order valence-electron chi connectivity index (χ0n) is 16.3. The summed E-state index contributed by atoms with van der Waals surface area (Å²) in [6, 6.07) is 9.87. The summed E-state index contributed by atoms with van der Waals surface area (Å²) >= 11 is 1.53. The van der Waals surface area contributed by atoms with E-state index < -0.39 is 0 Å². The van der Waals surface area contributed by atoms with Crippen molar-refractivity contribution in [3.8, 4) is 11.4 Å². The molecule has 29 heavy (non-hydrogen) atoms. The molecular weight excluding hydrogens is 386 g/mol. The van der Waals surface area contributed by atoms with Gasteiger partial charge in [-0.3, -0.25) is 14.5 Å². The largest absolute Gasteiger partial charge is 0.383 e. The van der Waals surface area contributed by atoms with Gasteiger partial charge in [0.05, 0.1) is 12.3 Å². The third kappa shape index (κ3) is 4.33. The number of thiophene rings is 1. The van der Waals surface area contributed by atoms with Crippen LogP contribution in [0.3, 0.4) is 0 Å². The third-order valence-electron chi connectivity index (χ3n) is 4.54. The van der Waals surface area contributed by atoms with Gasteiger partial charge in [0.15, 0.2) is 0 Å². The topological polar surface area (TPSA) is 81.9 Å². The van der Waals surface area contributed by atoms with Crippen LogP contribution < -0.4 is 5.32 Å². The first-order chi connectivity index (χ1) is 14.1. The van der Waals surface area contributed by atoms with Crippen LogP contribution in [0.25, 0.3) is 21.6 Å². The summed E-state index contributed by atoms with van der Waals surface area (Å²) in [5.41, 5.74) is 4.22. The van der Waals surface area contributed by atoms with Crippen LogP contribution in [0.5, 0.6) is 0 Å². The number of hydrogen-bond donors (Lipinski definition) is 1. The first kappa shape index (κ1) is 19.2. The van der Waals surface area contributed by atoms with Crippen LogP contribution in [0.1, 0.15) is 21.6 Å². The average Bonchev–Trinajstić information content (AvgIpc) is 3.37. The van der Waals surface area contributed by atoms with Gasteiger partial charge in [-0.05, 0) is 47.2 Å². The number of aryl methyl sites for hydroxylation is 1. The van der Waals surface area contributed by atoms with Crippen molar-refractivity contribution < 1.29 is 9.53 Å². The van der Waals surface area contributed by atoms with Gasteiger partial charge in [0.2, 0.25) is 0 Å². The fraction of sp³-hybridized carbons (Fsp3) is 0.238. The highest BCUT2D eigenvalue weighted by Crippen LogP contribution is 2.26. The minimum Gasteiger partial charge on any atom is -0.383 e. The standard InChI is InChI=1S/C21H21N5O2S/c1-26-8-5-18(25-26)17-4-3-14(13-23-17)11-15-12-19(20(27)22-7-9-28-2)24-21-16(15)6-10-29-21/h3-6,8,10,12-13H,7,9,11H2,1-2H3,(H,22,27). The van der Waals surface area contributed by atoms with Gasteiger partial charge in [-0.25, -0.2) is 4.98 Å². The van der Waals surface area contributed by atoms with Crippen LogP contribution in [0.4, 0.5) is 0 Å². The van der Waals surface area contributed by atoms with Gasteiger partial charge >= 0.3 is 0 Å². The molecule has 0 fully saturated rings. The summed E-state index contributed by atoms with van der Waals surface area (Å²) < 4.78 is 6.74. The molecule has 8 heteroatoms. The van der Waals surface area contributed by atoms with Crippen LogP contribution in [-0.2, 0) is 18.2 Å². The molecule has 0 aliphatic heterocycles. The van der Waals surface area contributed by atoms with Crippen molar-refractivity contribution in [3.05, 3.63) is 64.9 Å². The minimum atomic E-state index is -0.192. The Balaban J connectivity index is 1.58. The summed E-state index contributed by atoms with van der Waals surface area (Å²) in [5, 5.41) is 10.3. The predicted octanol–water partition coefficient (Wildman–Crippen LogP) is 3.06. The highest BCUT2D eigenvalue weighted by molar-refractivity contribution is 7.16. The summed E-state index contributed by atoms with van der Waals surface area (Å²) in [6.45, 7) is 0.919. The van der Waals surface area contributed by atoms with Crippen molar-refractivity contribution in [3.63, 3.8) is 0 Å². The molecule has 0 spiro atoms. The molecule has 4 heterocycles. The van der Waals surface area contributed by atoms with Gasteiger partial charge in [0, 0.05) is 38.5 Å². The first-order valence-electron chi connectivity index (χ1n) is 9.23. The van der Waals surface area contributed by atoms with E-state index in [1.54, 1.807) is 11.8 Å². The van der Waals surface area contributed by atoms with E-state index in [0.717, 1.165) is 32.7 Å². The van der Waals surface area contributed by atoms with Crippen molar-refractivity contribution >= 4 is 27.5 Å². The molecule has 0 saturated carbocycles.